The number of ether oxygens (including phenoxy) is 1. The van der Waals surface area contributed by atoms with Crippen molar-refractivity contribution in [3.8, 4) is 0 Å². The van der Waals surface area contributed by atoms with E-state index in [1.54, 1.807) is 0 Å². The van der Waals surface area contributed by atoms with Crippen LogP contribution in [0.15, 0.2) is 4.52 Å². The van der Waals surface area contributed by atoms with Crippen LogP contribution in [-0.4, -0.2) is 54.9 Å². The Balaban J connectivity index is 1.78. The number of piperidine rings is 1. The van der Waals surface area contributed by atoms with Gasteiger partial charge in [0.1, 0.15) is 6.10 Å². The van der Waals surface area contributed by atoms with E-state index in [-0.39, 0.29) is 11.5 Å². The van der Waals surface area contributed by atoms with Gasteiger partial charge in [-0.25, -0.2) is 0 Å². The molecule has 2 aliphatic heterocycles. The smallest absolute Gasteiger partial charge is 0.234 e. The van der Waals surface area contributed by atoms with E-state index in [0.29, 0.717) is 5.82 Å². The monoisotopic (exact) mass is 294 g/mol. The van der Waals surface area contributed by atoms with Crippen molar-refractivity contribution >= 4 is 0 Å². The SMILES string of the molecule is CCCC1(c2nc(C3CN(C)CCO3)no2)CCCNC1. The molecule has 0 amide bonds. The summed E-state index contributed by atoms with van der Waals surface area (Å²) in [7, 11) is 2.10. The number of nitrogens with zero attached hydrogens (tertiary/aromatic N) is 3. The van der Waals surface area contributed by atoms with Gasteiger partial charge in [-0.15, -0.1) is 0 Å². The molecule has 1 aromatic heterocycles. The van der Waals surface area contributed by atoms with Crippen molar-refractivity contribution in [2.24, 2.45) is 0 Å². The number of hydrogen-bond acceptors (Lipinski definition) is 6. The first-order valence-electron chi connectivity index (χ1n) is 8.08. The first-order chi connectivity index (χ1) is 10.2. The summed E-state index contributed by atoms with van der Waals surface area (Å²) >= 11 is 0. The number of likely N-dealkylation sites (N-methyl/N-ethyl adjacent to an activating group) is 1. The van der Waals surface area contributed by atoms with Crippen LogP contribution in [0.5, 0.6) is 0 Å². The molecule has 2 atom stereocenters. The van der Waals surface area contributed by atoms with Crippen LogP contribution in [0.2, 0.25) is 0 Å². The average molecular weight is 294 g/mol. The number of nitrogens with one attached hydrogen (secondary N) is 1. The lowest BCUT2D eigenvalue weighted by molar-refractivity contribution is -0.0264. The van der Waals surface area contributed by atoms with Gasteiger partial charge in [0.15, 0.2) is 0 Å². The fourth-order valence-electron chi connectivity index (χ4n) is 3.46. The predicted molar refractivity (Wildman–Crippen MR) is 79.2 cm³/mol. The van der Waals surface area contributed by atoms with Gasteiger partial charge in [0.2, 0.25) is 11.7 Å². The summed E-state index contributed by atoms with van der Waals surface area (Å²) in [5.41, 5.74) is 0.0127. The van der Waals surface area contributed by atoms with Gasteiger partial charge in [-0.05, 0) is 32.9 Å². The molecule has 21 heavy (non-hydrogen) atoms. The molecule has 1 N–H and O–H groups in total. The van der Waals surface area contributed by atoms with Gasteiger partial charge in [0.05, 0.1) is 12.0 Å². The second-order valence-electron chi connectivity index (χ2n) is 6.39. The molecule has 0 bridgehead atoms. The maximum Gasteiger partial charge on any atom is 0.234 e. The van der Waals surface area contributed by atoms with Crippen LogP contribution in [0.3, 0.4) is 0 Å². The summed E-state index contributed by atoms with van der Waals surface area (Å²) in [6.07, 6.45) is 4.45. The minimum absolute atomic E-state index is 0.0127. The summed E-state index contributed by atoms with van der Waals surface area (Å²) in [6, 6.07) is 0. The number of hydrogen-bond donors (Lipinski definition) is 1. The Labute approximate surface area is 126 Å². The van der Waals surface area contributed by atoms with Gasteiger partial charge in [-0.3, -0.25) is 0 Å². The van der Waals surface area contributed by atoms with Crippen LogP contribution in [0.25, 0.3) is 0 Å². The molecule has 0 saturated carbocycles. The average Bonchev–Trinajstić information content (AvgIpc) is 2.99. The van der Waals surface area contributed by atoms with Crippen LogP contribution in [0, 0.1) is 0 Å². The lowest BCUT2D eigenvalue weighted by Crippen LogP contribution is -2.43. The molecule has 0 aliphatic carbocycles. The zero-order valence-corrected chi connectivity index (χ0v) is 13.1. The molecule has 2 unspecified atom stereocenters. The number of rotatable bonds is 4. The maximum atomic E-state index is 5.79. The largest absolute Gasteiger partial charge is 0.367 e. The number of aromatic nitrogens is 2. The second-order valence-corrected chi connectivity index (χ2v) is 6.39. The van der Waals surface area contributed by atoms with Crippen molar-refractivity contribution in [1.82, 2.24) is 20.4 Å². The highest BCUT2D eigenvalue weighted by atomic mass is 16.5. The third-order valence-electron chi connectivity index (χ3n) is 4.65. The molecule has 2 fully saturated rings. The van der Waals surface area contributed by atoms with E-state index in [1.807, 2.05) is 0 Å². The van der Waals surface area contributed by atoms with Crippen molar-refractivity contribution in [1.29, 1.82) is 0 Å². The van der Waals surface area contributed by atoms with Crippen molar-refractivity contribution < 1.29 is 9.26 Å². The van der Waals surface area contributed by atoms with Crippen LogP contribution in [-0.2, 0) is 10.2 Å². The minimum atomic E-state index is -0.0588. The van der Waals surface area contributed by atoms with Gasteiger partial charge >= 0.3 is 0 Å². The van der Waals surface area contributed by atoms with Crippen molar-refractivity contribution in [2.45, 2.75) is 44.1 Å². The van der Waals surface area contributed by atoms with E-state index < -0.39 is 0 Å². The molecule has 0 spiro atoms. The standard InChI is InChI=1S/C15H26N4O2/c1-3-5-15(6-4-7-16-11-15)14-17-13(18-21-14)12-10-19(2)8-9-20-12/h12,16H,3-11H2,1-2H3. The van der Waals surface area contributed by atoms with Gasteiger partial charge in [0, 0.05) is 19.6 Å². The first kappa shape index (κ1) is 14.9. The summed E-state index contributed by atoms with van der Waals surface area (Å²) in [4.78, 5) is 6.96. The molecule has 6 nitrogen and oxygen atoms in total. The van der Waals surface area contributed by atoms with Gasteiger partial charge in [-0.1, -0.05) is 18.5 Å². The van der Waals surface area contributed by atoms with Gasteiger partial charge in [0.25, 0.3) is 0 Å². The lowest BCUT2D eigenvalue weighted by Gasteiger charge is -2.34. The van der Waals surface area contributed by atoms with E-state index >= 15 is 0 Å². The molecule has 118 valence electrons. The van der Waals surface area contributed by atoms with Crippen molar-refractivity contribution in [2.75, 3.05) is 39.8 Å². The Kier molecular flexibility index (Phi) is 4.57. The molecular weight excluding hydrogens is 268 g/mol. The predicted octanol–water partition coefficient (Wildman–Crippen LogP) is 1.49. The van der Waals surface area contributed by atoms with Crippen molar-refractivity contribution in [3.63, 3.8) is 0 Å². The van der Waals surface area contributed by atoms with Crippen molar-refractivity contribution in [3.05, 3.63) is 11.7 Å². The van der Waals surface area contributed by atoms with E-state index in [9.17, 15) is 0 Å². The Hall–Kier alpha value is -0.980. The molecule has 2 aliphatic rings. The molecule has 6 heteroatoms. The topological polar surface area (TPSA) is 63.4 Å². The van der Waals surface area contributed by atoms with E-state index in [4.69, 9.17) is 14.2 Å². The molecule has 1 aromatic rings. The molecule has 0 radical (unpaired) electrons. The third-order valence-corrected chi connectivity index (χ3v) is 4.65. The minimum Gasteiger partial charge on any atom is -0.367 e. The maximum absolute atomic E-state index is 5.79. The fraction of sp³-hybridized carbons (Fsp3) is 0.867. The summed E-state index contributed by atoms with van der Waals surface area (Å²) < 4.78 is 11.4. The van der Waals surface area contributed by atoms with Gasteiger partial charge < -0.3 is 19.5 Å². The normalized spacial score (nSPS) is 31.4. The summed E-state index contributed by atoms with van der Waals surface area (Å²) in [6.45, 7) is 6.76. The highest BCUT2D eigenvalue weighted by molar-refractivity contribution is 5.09. The first-order valence-corrected chi connectivity index (χ1v) is 8.08. The van der Waals surface area contributed by atoms with Crippen LogP contribution < -0.4 is 5.32 Å². The van der Waals surface area contributed by atoms with Crippen LogP contribution in [0.1, 0.15) is 50.4 Å². The molecular formula is C15H26N4O2. The highest BCUT2D eigenvalue weighted by Crippen LogP contribution is 2.35. The Morgan fingerprint density at radius 2 is 2.38 bits per heavy atom. The Morgan fingerprint density at radius 1 is 1.48 bits per heavy atom. The van der Waals surface area contributed by atoms with E-state index in [1.165, 1.54) is 6.42 Å². The quantitative estimate of drug-likeness (QED) is 0.908. The van der Waals surface area contributed by atoms with E-state index in [2.05, 4.69) is 29.3 Å². The molecule has 3 rings (SSSR count). The molecule has 0 aromatic carbocycles. The second kappa shape index (κ2) is 6.42. The zero-order valence-electron chi connectivity index (χ0n) is 13.1. The Morgan fingerprint density at radius 3 is 3.10 bits per heavy atom. The summed E-state index contributed by atoms with van der Waals surface area (Å²) in [5, 5.41) is 7.70. The zero-order chi connectivity index (χ0) is 14.7. The third kappa shape index (κ3) is 3.12. The highest BCUT2D eigenvalue weighted by Gasteiger charge is 2.39. The summed E-state index contributed by atoms with van der Waals surface area (Å²) in [5.74, 6) is 1.50. The number of morpholine rings is 1. The fourth-order valence-corrected chi connectivity index (χ4v) is 3.46. The molecule has 3 heterocycles. The molecule has 2 saturated heterocycles. The lowest BCUT2D eigenvalue weighted by atomic mass is 9.77. The van der Waals surface area contributed by atoms with Crippen LogP contribution >= 0.6 is 0 Å². The Bertz CT molecular complexity index is 451. The van der Waals surface area contributed by atoms with Gasteiger partial charge in [-0.2, -0.15) is 4.98 Å². The van der Waals surface area contributed by atoms with E-state index in [0.717, 1.165) is 57.9 Å². The van der Waals surface area contributed by atoms with Crippen LogP contribution in [0.4, 0.5) is 0 Å².